The summed E-state index contributed by atoms with van der Waals surface area (Å²) in [5.74, 6) is -0.969. The van der Waals surface area contributed by atoms with Gasteiger partial charge in [0.1, 0.15) is 11.0 Å². The van der Waals surface area contributed by atoms with Crippen molar-refractivity contribution in [2.45, 2.75) is 6.42 Å². The molecule has 2 aromatic carbocycles. The van der Waals surface area contributed by atoms with Gasteiger partial charge in [0.25, 0.3) is 0 Å². The van der Waals surface area contributed by atoms with Crippen LogP contribution in [0.25, 0.3) is 11.0 Å². The molecule has 0 aliphatic carbocycles. The molecule has 6 heteroatoms. The lowest BCUT2D eigenvalue weighted by molar-refractivity contribution is 0.0697. The molecule has 0 bridgehead atoms. The number of aromatic carboxylic acids is 1. The molecule has 0 aliphatic rings. The van der Waals surface area contributed by atoms with E-state index in [4.69, 9.17) is 5.11 Å². The maximum Gasteiger partial charge on any atom is 0.335 e. The number of nitrogens with one attached hydrogen (secondary N) is 1. The second-order valence-electron chi connectivity index (χ2n) is 4.65. The second-order valence-corrected chi connectivity index (χ2v) is 4.65. The van der Waals surface area contributed by atoms with Crippen LogP contribution in [0.3, 0.4) is 0 Å². The molecule has 21 heavy (non-hydrogen) atoms. The minimum absolute atomic E-state index is 0.207. The Kier molecular flexibility index (Phi) is 3.51. The normalized spacial score (nSPS) is 10.7. The lowest BCUT2D eigenvalue weighted by atomic mass is 10.2. The van der Waals surface area contributed by atoms with Gasteiger partial charge in [0, 0.05) is 6.54 Å². The van der Waals surface area contributed by atoms with Crippen molar-refractivity contribution in [1.82, 2.24) is 15.1 Å². The van der Waals surface area contributed by atoms with Crippen molar-refractivity contribution in [3.63, 3.8) is 0 Å². The number of rotatable bonds is 5. The number of aromatic nitrogens is 3. The van der Waals surface area contributed by atoms with E-state index in [0.29, 0.717) is 12.1 Å². The van der Waals surface area contributed by atoms with Gasteiger partial charge < -0.3 is 10.5 Å². The van der Waals surface area contributed by atoms with Gasteiger partial charge in [-0.15, -0.1) is 5.10 Å². The van der Waals surface area contributed by atoms with Crippen LogP contribution in [0.15, 0.2) is 48.5 Å². The van der Waals surface area contributed by atoms with E-state index in [2.05, 4.69) is 27.9 Å². The first kappa shape index (κ1) is 13.1. The Bertz CT molecular complexity index is 768. The van der Waals surface area contributed by atoms with E-state index in [1.807, 2.05) is 18.2 Å². The molecule has 0 spiro atoms. The standard InChI is InChI=1S/C15H14N4O2/c20-15(21)12-6-7-14-13(10-12)17-18-19(14)16-9-8-11-4-2-1-3-5-11/h1-7,10,16H,8-9H2,(H,20,21). The van der Waals surface area contributed by atoms with E-state index >= 15 is 0 Å². The number of carboxylic acids is 1. The summed E-state index contributed by atoms with van der Waals surface area (Å²) >= 11 is 0. The summed E-state index contributed by atoms with van der Waals surface area (Å²) in [6.07, 6.45) is 0.870. The van der Waals surface area contributed by atoms with Gasteiger partial charge in [0.2, 0.25) is 0 Å². The molecule has 0 amide bonds. The third-order valence-electron chi connectivity index (χ3n) is 3.21. The molecule has 0 fully saturated rings. The average molecular weight is 282 g/mol. The highest BCUT2D eigenvalue weighted by atomic mass is 16.4. The second kappa shape index (κ2) is 5.62. The predicted octanol–water partition coefficient (Wildman–Crippen LogP) is 1.92. The van der Waals surface area contributed by atoms with Gasteiger partial charge in [-0.2, -0.15) is 4.79 Å². The van der Waals surface area contributed by atoms with Crippen LogP contribution in [-0.2, 0) is 6.42 Å². The zero-order valence-corrected chi connectivity index (χ0v) is 11.2. The molecule has 3 aromatic rings. The first-order valence-electron chi connectivity index (χ1n) is 6.60. The largest absolute Gasteiger partial charge is 0.478 e. The van der Waals surface area contributed by atoms with Gasteiger partial charge in [-0.05, 0) is 35.4 Å². The third-order valence-corrected chi connectivity index (χ3v) is 3.21. The zero-order chi connectivity index (χ0) is 14.7. The number of fused-ring (bicyclic) bond motifs is 1. The Morgan fingerprint density at radius 2 is 2.00 bits per heavy atom. The fourth-order valence-electron chi connectivity index (χ4n) is 2.12. The number of hydrogen-bond donors (Lipinski definition) is 2. The molecule has 0 saturated heterocycles. The fourth-order valence-corrected chi connectivity index (χ4v) is 2.12. The van der Waals surface area contributed by atoms with Crippen LogP contribution < -0.4 is 5.43 Å². The van der Waals surface area contributed by atoms with Crippen molar-refractivity contribution >= 4 is 17.0 Å². The van der Waals surface area contributed by atoms with Gasteiger partial charge in [0.15, 0.2) is 0 Å². The van der Waals surface area contributed by atoms with Gasteiger partial charge in [-0.3, -0.25) is 0 Å². The molecule has 6 nitrogen and oxygen atoms in total. The molecule has 0 aliphatic heterocycles. The van der Waals surface area contributed by atoms with Crippen molar-refractivity contribution in [2.75, 3.05) is 12.0 Å². The van der Waals surface area contributed by atoms with Crippen molar-refractivity contribution in [2.24, 2.45) is 0 Å². The van der Waals surface area contributed by atoms with E-state index in [1.54, 1.807) is 16.9 Å². The average Bonchev–Trinajstić information content (AvgIpc) is 2.91. The Labute approximate surface area is 121 Å². The quantitative estimate of drug-likeness (QED) is 0.747. The molecule has 2 N–H and O–H groups in total. The minimum atomic E-state index is -0.969. The number of hydrogen-bond acceptors (Lipinski definition) is 4. The summed E-state index contributed by atoms with van der Waals surface area (Å²) in [4.78, 5) is 12.5. The van der Waals surface area contributed by atoms with Crippen LogP contribution in [0, 0.1) is 0 Å². The molecule has 0 radical (unpaired) electrons. The van der Waals surface area contributed by atoms with E-state index in [-0.39, 0.29) is 5.56 Å². The van der Waals surface area contributed by atoms with Gasteiger partial charge in [-0.25, -0.2) is 4.79 Å². The Hall–Kier alpha value is -2.89. The molecule has 0 atom stereocenters. The van der Waals surface area contributed by atoms with E-state index in [1.165, 1.54) is 11.6 Å². The van der Waals surface area contributed by atoms with E-state index in [9.17, 15) is 4.79 Å². The molecular weight excluding hydrogens is 268 g/mol. The summed E-state index contributed by atoms with van der Waals surface area (Å²) in [6, 6.07) is 14.9. The van der Waals surface area contributed by atoms with Gasteiger partial charge in [0.05, 0.1) is 5.56 Å². The fraction of sp³-hybridized carbons (Fsp3) is 0.133. The molecule has 0 saturated carbocycles. The molecule has 0 unspecified atom stereocenters. The van der Waals surface area contributed by atoms with Crippen LogP contribution >= 0.6 is 0 Å². The molecule has 3 rings (SSSR count). The highest BCUT2D eigenvalue weighted by Crippen LogP contribution is 2.12. The first-order valence-corrected chi connectivity index (χ1v) is 6.60. The summed E-state index contributed by atoms with van der Waals surface area (Å²) in [5.41, 5.74) is 5.92. The summed E-state index contributed by atoms with van der Waals surface area (Å²) in [5, 5.41) is 16.9. The van der Waals surface area contributed by atoms with E-state index in [0.717, 1.165) is 11.9 Å². The lowest BCUT2D eigenvalue weighted by Crippen LogP contribution is -2.18. The smallest absolute Gasteiger partial charge is 0.335 e. The minimum Gasteiger partial charge on any atom is -0.478 e. The third kappa shape index (κ3) is 2.84. The Morgan fingerprint density at radius 3 is 2.76 bits per heavy atom. The van der Waals surface area contributed by atoms with Crippen LogP contribution in [0.1, 0.15) is 15.9 Å². The van der Waals surface area contributed by atoms with Crippen LogP contribution in [0.2, 0.25) is 0 Å². The van der Waals surface area contributed by atoms with Crippen molar-refractivity contribution in [3.8, 4) is 0 Å². The molecular formula is C15H14N4O2. The number of carbonyl (C=O) groups is 1. The number of nitrogens with zero attached hydrogens (tertiary/aromatic N) is 3. The predicted molar refractivity (Wildman–Crippen MR) is 78.9 cm³/mol. The molecule has 1 aromatic heterocycles. The first-order chi connectivity index (χ1) is 10.2. The molecule has 1 heterocycles. The summed E-state index contributed by atoms with van der Waals surface area (Å²) < 4.78 is 0. The molecule has 106 valence electrons. The number of carboxylic acid groups (broad SMARTS) is 1. The van der Waals surface area contributed by atoms with Crippen LogP contribution in [-0.4, -0.2) is 32.7 Å². The van der Waals surface area contributed by atoms with Crippen molar-refractivity contribution in [1.29, 1.82) is 0 Å². The van der Waals surface area contributed by atoms with Crippen LogP contribution in [0.4, 0.5) is 0 Å². The maximum absolute atomic E-state index is 10.9. The highest BCUT2D eigenvalue weighted by molar-refractivity contribution is 5.92. The topological polar surface area (TPSA) is 80.0 Å². The maximum atomic E-state index is 10.9. The van der Waals surface area contributed by atoms with Crippen LogP contribution in [0.5, 0.6) is 0 Å². The summed E-state index contributed by atoms with van der Waals surface area (Å²) in [7, 11) is 0. The van der Waals surface area contributed by atoms with Gasteiger partial charge >= 0.3 is 5.97 Å². The zero-order valence-electron chi connectivity index (χ0n) is 11.2. The summed E-state index contributed by atoms with van der Waals surface area (Å²) in [6.45, 7) is 0.711. The highest BCUT2D eigenvalue weighted by Gasteiger charge is 2.08. The Morgan fingerprint density at radius 1 is 1.19 bits per heavy atom. The van der Waals surface area contributed by atoms with Crippen molar-refractivity contribution in [3.05, 3.63) is 59.7 Å². The Balaban J connectivity index is 1.71. The van der Waals surface area contributed by atoms with Crippen molar-refractivity contribution < 1.29 is 9.90 Å². The van der Waals surface area contributed by atoms with E-state index < -0.39 is 5.97 Å². The lowest BCUT2D eigenvalue weighted by Gasteiger charge is -2.06. The monoisotopic (exact) mass is 282 g/mol. The van der Waals surface area contributed by atoms with Gasteiger partial charge in [-0.1, -0.05) is 30.3 Å². The number of benzene rings is 2. The SMILES string of the molecule is O=C(O)c1ccc2c(c1)nnn2NCCc1ccccc1.